The molecule has 1 aliphatic rings. The molecule has 38 heavy (non-hydrogen) atoms. The van der Waals surface area contributed by atoms with Gasteiger partial charge < -0.3 is 14.4 Å². The Labute approximate surface area is 220 Å². The molecule has 3 heterocycles. The minimum absolute atomic E-state index is 0.0714. The number of carbonyl (C=O) groups is 2. The normalized spacial score (nSPS) is 16.1. The molecule has 0 saturated carbocycles. The smallest absolute Gasteiger partial charge is 0.326 e. The topological polar surface area (TPSA) is 90.2 Å². The van der Waals surface area contributed by atoms with E-state index in [9.17, 15) is 14.4 Å². The first kappa shape index (κ1) is 25.2. The number of anilines is 1. The van der Waals surface area contributed by atoms with Crippen LogP contribution in [0, 0.1) is 5.41 Å². The SMILES string of the molecule is CCOC(=O)C1(C(=O)OCC)Cc2c(nc3ccccn3c2=O)N(Cc2ccccc2)C1c1ccccc1. The lowest BCUT2D eigenvalue weighted by molar-refractivity contribution is -0.175. The van der Waals surface area contributed by atoms with E-state index in [-0.39, 0.29) is 30.8 Å². The van der Waals surface area contributed by atoms with E-state index in [0.29, 0.717) is 23.6 Å². The lowest BCUT2D eigenvalue weighted by Crippen LogP contribution is -2.57. The number of ether oxygens (including phenoxy) is 2. The summed E-state index contributed by atoms with van der Waals surface area (Å²) in [5, 5.41) is 0. The molecule has 0 saturated heterocycles. The zero-order chi connectivity index (χ0) is 26.7. The zero-order valence-electron chi connectivity index (χ0n) is 21.4. The molecule has 0 fully saturated rings. The Morgan fingerprint density at radius 2 is 1.50 bits per heavy atom. The van der Waals surface area contributed by atoms with Gasteiger partial charge in [-0.15, -0.1) is 0 Å². The molecule has 0 aliphatic carbocycles. The highest BCUT2D eigenvalue weighted by Gasteiger charge is 2.61. The molecule has 0 spiro atoms. The third kappa shape index (κ3) is 4.22. The summed E-state index contributed by atoms with van der Waals surface area (Å²) in [4.78, 5) is 48.5. The third-order valence-corrected chi connectivity index (χ3v) is 6.90. The summed E-state index contributed by atoms with van der Waals surface area (Å²) in [6, 6.07) is 23.5. The fourth-order valence-corrected chi connectivity index (χ4v) is 5.29. The molecule has 0 radical (unpaired) electrons. The highest BCUT2D eigenvalue weighted by atomic mass is 16.6. The Kier molecular flexibility index (Phi) is 6.96. The Bertz CT molecular complexity index is 1500. The Morgan fingerprint density at radius 3 is 2.13 bits per heavy atom. The van der Waals surface area contributed by atoms with Crippen LogP contribution >= 0.6 is 0 Å². The first-order chi connectivity index (χ1) is 18.5. The maximum Gasteiger partial charge on any atom is 0.326 e. The van der Waals surface area contributed by atoms with Crippen molar-refractivity contribution in [3.63, 3.8) is 0 Å². The standard InChI is InChI=1S/C30H29N3O5/c1-3-37-28(35)30(29(36)38-4-2)19-23-26(31-24-17-11-12-18-32(24)27(23)34)33(20-21-13-7-5-8-14-21)25(30)22-15-9-6-10-16-22/h5-18,25H,3-4,19-20H2,1-2H3. The van der Waals surface area contributed by atoms with Crippen LogP contribution in [0.4, 0.5) is 5.82 Å². The highest BCUT2D eigenvalue weighted by molar-refractivity contribution is 6.03. The number of pyridine rings is 1. The van der Waals surface area contributed by atoms with Crippen LogP contribution in [0.5, 0.6) is 0 Å². The summed E-state index contributed by atoms with van der Waals surface area (Å²) >= 11 is 0. The van der Waals surface area contributed by atoms with Gasteiger partial charge in [0.05, 0.1) is 24.8 Å². The van der Waals surface area contributed by atoms with Crippen molar-refractivity contribution in [2.45, 2.75) is 32.9 Å². The zero-order valence-corrected chi connectivity index (χ0v) is 21.4. The molecular weight excluding hydrogens is 482 g/mol. The molecule has 2 aromatic heterocycles. The van der Waals surface area contributed by atoms with Gasteiger partial charge in [-0.1, -0.05) is 66.7 Å². The number of esters is 2. The van der Waals surface area contributed by atoms with E-state index in [2.05, 4.69) is 0 Å². The average molecular weight is 512 g/mol. The molecular formula is C30H29N3O5. The first-order valence-corrected chi connectivity index (χ1v) is 12.7. The lowest BCUT2D eigenvalue weighted by Gasteiger charge is -2.47. The van der Waals surface area contributed by atoms with Crippen molar-refractivity contribution in [2.24, 2.45) is 5.41 Å². The highest BCUT2D eigenvalue weighted by Crippen LogP contribution is 2.50. The van der Waals surface area contributed by atoms with Gasteiger partial charge in [-0.3, -0.25) is 18.8 Å². The van der Waals surface area contributed by atoms with Gasteiger partial charge in [0, 0.05) is 19.2 Å². The van der Waals surface area contributed by atoms with Crippen molar-refractivity contribution in [3.8, 4) is 0 Å². The molecule has 1 atom stereocenters. The fraction of sp³-hybridized carbons (Fsp3) is 0.267. The van der Waals surface area contributed by atoms with Crippen LogP contribution in [-0.2, 0) is 32.0 Å². The summed E-state index contributed by atoms with van der Waals surface area (Å²) in [5.74, 6) is -1.02. The van der Waals surface area contributed by atoms with Gasteiger partial charge in [-0.25, -0.2) is 4.98 Å². The Morgan fingerprint density at radius 1 is 0.895 bits per heavy atom. The number of hydrogen-bond acceptors (Lipinski definition) is 7. The van der Waals surface area contributed by atoms with E-state index < -0.39 is 23.4 Å². The fourth-order valence-electron chi connectivity index (χ4n) is 5.29. The number of benzene rings is 2. The predicted octanol–water partition coefficient (Wildman–Crippen LogP) is 4.11. The monoisotopic (exact) mass is 511 g/mol. The van der Waals surface area contributed by atoms with Gasteiger partial charge in [0.1, 0.15) is 11.5 Å². The van der Waals surface area contributed by atoms with Crippen LogP contribution in [0.3, 0.4) is 0 Å². The lowest BCUT2D eigenvalue weighted by atomic mass is 9.69. The van der Waals surface area contributed by atoms with Crippen molar-refractivity contribution >= 4 is 23.4 Å². The predicted molar refractivity (Wildman–Crippen MR) is 143 cm³/mol. The van der Waals surface area contributed by atoms with Gasteiger partial charge in [-0.05, 0) is 37.1 Å². The van der Waals surface area contributed by atoms with Gasteiger partial charge in [0.15, 0.2) is 5.41 Å². The van der Waals surface area contributed by atoms with E-state index in [0.717, 1.165) is 5.56 Å². The van der Waals surface area contributed by atoms with Gasteiger partial charge >= 0.3 is 11.9 Å². The second-order valence-electron chi connectivity index (χ2n) is 9.16. The van der Waals surface area contributed by atoms with Crippen molar-refractivity contribution in [2.75, 3.05) is 18.1 Å². The summed E-state index contributed by atoms with van der Waals surface area (Å²) in [6.45, 7) is 3.82. The summed E-state index contributed by atoms with van der Waals surface area (Å²) in [6.07, 6.45) is 1.43. The van der Waals surface area contributed by atoms with Crippen molar-refractivity contribution in [1.82, 2.24) is 9.38 Å². The second kappa shape index (κ2) is 10.5. The molecule has 5 rings (SSSR count). The minimum atomic E-state index is -1.83. The second-order valence-corrected chi connectivity index (χ2v) is 9.16. The van der Waals surface area contributed by atoms with Crippen LogP contribution in [0.15, 0.2) is 89.9 Å². The van der Waals surface area contributed by atoms with E-state index in [1.54, 1.807) is 32.2 Å². The first-order valence-electron chi connectivity index (χ1n) is 12.7. The summed E-state index contributed by atoms with van der Waals surface area (Å²) < 4.78 is 12.5. The largest absolute Gasteiger partial charge is 0.465 e. The molecule has 2 aromatic carbocycles. The van der Waals surface area contributed by atoms with Crippen LogP contribution in [0.1, 0.15) is 36.6 Å². The minimum Gasteiger partial charge on any atom is -0.465 e. The molecule has 0 bridgehead atoms. The van der Waals surface area contributed by atoms with E-state index in [1.165, 1.54) is 4.40 Å². The quantitative estimate of drug-likeness (QED) is 0.272. The molecule has 0 N–H and O–H groups in total. The Balaban J connectivity index is 1.86. The molecule has 1 unspecified atom stereocenters. The van der Waals surface area contributed by atoms with Crippen LogP contribution < -0.4 is 10.5 Å². The Hall–Kier alpha value is -4.46. The number of carbonyl (C=O) groups excluding carboxylic acids is 2. The van der Waals surface area contributed by atoms with E-state index in [4.69, 9.17) is 14.5 Å². The number of fused-ring (bicyclic) bond motifs is 2. The van der Waals surface area contributed by atoms with Crippen molar-refractivity contribution in [1.29, 1.82) is 0 Å². The number of aromatic nitrogens is 2. The van der Waals surface area contributed by atoms with Gasteiger partial charge in [0.2, 0.25) is 0 Å². The van der Waals surface area contributed by atoms with Crippen LogP contribution in [-0.4, -0.2) is 34.5 Å². The van der Waals surface area contributed by atoms with Gasteiger partial charge in [-0.2, -0.15) is 0 Å². The van der Waals surface area contributed by atoms with Crippen LogP contribution in [0.25, 0.3) is 5.65 Å². The van der Waals surface area contributed by atoms with Crippen molar-refractivity contribution in [3.05, 3.63) is 112 Å². The van der Waals surface area contributed by atoms with Crippen LogP contribution in [0.2, 0.25) is 0 Å². The number of rotatable bonds is 7. The van der Waals surface area contributed by atoms with E-state index in [1.807, 2.05) is 71.6 Å². The molecule has 0 amide bonds. The maximum absolute atomic E-state index is 13.9. The molecule has 8 heteroatoms. The summed E-state index contributed by atoms with van der Waals surface area (Å²) in [7, 11) is 0. The van der Waals surface area contributed by atoms with E-state index >= 15 is 0 Å². The molecule has 194 valence electrons. The maximum atomic E-state index is 13.9. The number of nitrogens with zero attached hydrogens (tertiary/aromatic N) is 3. The van der Waals surface area contributed by atoms with Crippen molar-refractivity contribution < 1.29 is 19.1 Å². The summed E-state index contributed by atoms with van der Waals surface area (Å²) in [5.41, 5.74) is 0.203. The van der Waals surface area contributed by atoms with Gasteiger partial charge in [0.25, 0.3) is 5.56 Å². The third-order valence-electron chi connectivity index (χ3n) is 6.90. The molecule has 4 aromatic rings. The molecule has 8 nitrogen and oxygen atoms in total. The average Bonchev–Trinajstić information content (AvgIpc) is 2.94. The molecule has 1 aliphatic heterocycles. The number of hydrogen-bond donors (Lipinski definition) is 0.